The van der Waals surface area contributed by atoms with Crippen molar-refractivity contribution in [3.05, 3.63) is 0 Å². The highest BCUT2D eigenvalue weighted by molar-refractivity contribution is 7.86. The third-order valence-electron chi connectivity index (χ3n) is 5.08. The van der Waals surface area contributed by atoms with Gasteiger partial charge in [-0.3, -0.25) is 9.08 Å². The molecule has 1 amide bonds. The fourth-order valence-electron chi connectivity index (χ4n) is 2.89. The van der Waals surface area contributed by atoms with Crippen LogP contribution in [0.3, 0.4) is 0 Å². The molecule has 1 heterocycles. The van der Waals surface area contributed by atoms with Gasteiger partial charge in [-0.15, -0.1) is 0 Å². The molecule has 0 aromatic rings. The predicted molar refractivity (Wildman–Crippen MR) is 109 cm³/mol. The number of nitrogens with zero attached hydrogens (tertiary/aromatic N) is 1. The van der Waals surface area contributed by atoms with E-state index >= 15 is 0 Å². The maximum atomic E-state index is 12.7. The summed E-state index contributed by atoms with van der Waals surface area (Å²) in [5, 5.41) is -0.00217. The molecule has 1 rings (SSSR count). The zero-order valence-corrected chi connectivity index (χ0v) is 20.3. The molecule has 0 aliphatic carbocycles. The molecule has 1 saturated heterocycles. The maximum absolute atomic E-state index is 12.7. The number of amides is 1. The van der Waals surface area contributed by atoms with E-state index in [0.29, 0.717) is 13.0 Å². The van der Waals surface area contributed by atoms with Crippen molar-refractivity contribution in [2.45, 2.75) is 96.9 Å². The summed E-state index contributed by atoms with van der Waals surface area (Å²) < 4.78 is 40.6. The Morgan fingerprint density at radius 2 is 1.67 bits per heavy atom. The number of ether oxygens (including phenoxy) is 1. The molecule has 0 N–H and O–H groups in total. The number of hydrogen-bond acceptors (Lipinski definition) is 6. The topological polar surface area (TPSA) is 82.1 Å². The molecular formula is C18H37NO6SSi. The molecule has 7 nitrogen and oxygen atoms in total. The molecule has 1 aliphatic heterocycles. The van der Waals surface area contributed by atoms with Crippen LogP contribution in [0.25, 0.3) is 0 Å². The van der Waals surface area contributed by atoms with Gasteiger partial charge in [0.25, 0.3) is 10.1 Å². The van der Waals surface area contributed by atoms with Gasteiger partial charge in [-0.1, -0.05) is 20.8 Å². The van der Waals surface area contributed by atoms with Gasteiger partial charge >= 0.3 is 6.09 Å². The van der Waals surface area contributed by atoms with Crippen molar-refractivity contribution in [2.75, 3.05) is 12.8 Å². The van der Waals surface area contributed by atoms with Crippen molar-refractivity contribution in [1.82, 2.24) is 4.90 Å². The van der Waals surface area contributed by atoms with E-state index < -0.39 is 42.3 Å². The summed E-state index contributed by atoms with van der Waals surface area (Å²) in [5.41, 5.74) is -0.638. The molecule has 3 atom stereocenters. The first-order chi connectivity index (χ1) is 11.8. The molecule has 160 valence electrons. The van der Waals surface area contributed by atoms with Crippen LogP contribution in [0.15, 0.2) is 0 Å². The standard InChI is InChI=1S/C18H37NO6SSi/c1-13(24-26(8,21)22)15-14(25-27(9,10)18(5,6)7)11-12-19(15)16(20)23-17(2,3)4/h13-15H,11-12H2,1-10H3/t13-,14?,15?/m0/s1. The van der Waals surface area contributed by atoms with Gasteiger partial charge in [0.2, 0.25) is 0 Å². The van der Waals surface area contributed by atoms with Gasteiger partial charge in [0.15, 0.2) is 8.32 Å². The van der Waals surface area contributed by atoms with E-state index in [0.717, 1.165) is 6.26 Å². The molecular weight excluding hydrogens is 386 g/mol. The van der Waals surface area contributed by atoms with E-state index in [1.54, 1.807) is 32.6 Å². The lowest BCUT2D eigenvalue weighted by atomic mass is 10.1. The molecule has 27 heavy (non-hydrogen) atoms. The first-order valence-electron chi connectivity index (χ1n) is 9.40. The summed E-state index contributed by atoms with van der Waals surface area (Å²) in [4.78, 5) is 14.3. The van der Waals surface area contributed by atoms with E-state index in [2.05, 4.69) is 33.9 Å². The monoisotopic (exact) mass is 423 g/mol. The highest BCUT2D eigenvalue weighted by Gasteiger charge is 2.48. The number of carbonyl (C=O) groups excluding carboxylic acids is 1. The second-order valence-electron chi connectivity index (χ2n) is 9.88. The number of rotatable bonds is 5. The van der Waals surface area contributed by atoms with Gasteiger partial charge in [0, 0.05) is 6.54 Å². The van der Waals surface area contributed by atoms with Crippen LogP contribution < -0.4 is 0 Å². The van der Waals surface area contributed by atoms with E-state index in [-0.39, 0.29) is 11.1 Å². The Hall–Kier alpha value is -0.643. The first-order valence-corrected chi connectivity index (χ1v) is 14.1. The Bertz CT molecular complexity index is 635. The Balaban J connectivity index is 3.14. The highest BCUT2D eigenvalue weighted by atomic mass is 32.2. The summed E-state index contributed by atoms with van der Waals surface area (Å²) in [7, 11) is -5.77. The van der Waals surface area contributed by atoms with Crippen LogP contribution >= 0.6 is 0 Å². The Kier molecular flexibility index (Phi) is 7.23. The summed E-state index contributed by atoms with van der Waals surface area (Å²) >= 11 is 0. The van der Waals surface area contributed by atoms with Gasteiger partial charge in [0.1, 0.15) is 5.60 Å². The van der Waals surface area contributed by atoms with Crippen molar-refractivity contribution in [1.29, 1.82) is 0 Å². The van der Waals surface area contributed by atoms with Crippen LogP contribution in [0, 0.1) is 0 Å². The van der Waals surface area contributed by atoms with Crippen LogP contribution in [0.4, 0.5) is 4.79 Å². The molecule has 0 bridgehead atoms. The summed E-state index contributed by atoms with van der Waals surface area (Å²) in [6, 6.07) is -0.524. The highest BCUT2D eigenvalue weighted by Crippen LogP contribution is 2.40. The lowest BCUT2D eigenvalue weighted by molar-refractivity contribution is -0.00203. The van der Waals surface area contributed by atoms with Gasteiger partial charge < -0.3 is 9.16 Å². The molecule has 1 aliphatic rings. The van der Waals surface area contributed by atoms with Crippen molar-refractivity contribution in [3.8, 4) is 0 Å². The minimum atomic E-state index is -3.66. The number of carbonyl (C=O) groups is 1. The summed E-state index contributed by atoms with van der Waals surface area (Å²) in [6.45, 7) is 18.2. The predicted octanol–water partition coefficient (Wildman–Crippen LogP) is 3.75. The van der Waals surface area contributed by atoms with Gasteiger partial charge in [-0.2, -0.15) is 8.42 Å². The van der Waals surface area contributed by atoms with Crippen LogP contribution in [-0.4, -0.2) is 64.4 Å². The smallest absolute Gasteiger partial charge is 0.410 e. The molecule has 0 spiro atoms. The van der Waals surface area contributed by atoms with Crippen LogP contribution in [-0.2, 0) is 23.5 Å². The Morgan fingerprint density at radius 1 is 1.15 bits per heavy atom. The van der Waals surface area contributed by atoms with Crippen molar-refractivity contribution < 1.29 is 26.6 Å². The van der Waals surface area contributed by atoms with Crippen LogP contribution in [0.2, 0.25) is 18.1 Å². The zero-order chi connectivity index (χ0) is 21.4. The normalized spacial score (nSPS) is 23.4. The molecule has 2 unspecified atom stereocenters. The van der Waals surface area contributed by atoms with Gasteiger partial charge in [-0.05, 0) is 52.2 Å². The molecule has 0 aromatic carbocycles. The van der Waals surface area contributed by atoms with Crippen molar-refractivity contribution in [3.63, 3.8) is 0 Å². The quantitative estimate of drug-likeness (QED) is 0.495. The molecule has 1 fully saturated rings. The lowest BCUT2D eigenvalue weighted by Gasteiger charge is -2.41. The van der Waals surface area contributed by atoms with E-state index in [1.165, 1.54) is 0 Å². The third-order valence-corrected chi connectivity index (χ3v) is 10.2. The number of hydrogen-bond donors (Lipinski definition) is 0. The van der Waals surface area contributed by atoms with E-state index in [1.807, 2.05) is 0 Å². The zero-order valence-electron chi connectivity index (χ0n) is 18.5. The second kappa shape index (κ2) is 8.00. The lowest BCUT2D eigenvalue weighted by Crippen LogP contribution is -2.53. The van der Waals surface area contributed by atoms with E-state index in [4.69, 9.17) is 13.3 Å². The summed E-state index contributed by atoms with van der Waals surface area (Å²) in [6.07, 6.45) is 0.131. The average molecular weight is 424 g/mol. The minimum Gasteiger partial charge on any atom is -0.444 e. The second-order valence-corrected chi connectivity index (χ2v) is 16.2. The van der Waals surface area contributed by atoms with Crippen molar-refractivity contribution >= 4 is 24.5 Å². The minimum absolute atomic E-state index is 0.00217. The largest absolute Gasteiger partial charge is 0.444 e. The Labute approximate surface area is 166 Å². The molecule has 0 aromatic heterocycles. The Morgan fingerprint density at radius 3 is 2.07 bits per heavy atom. The fourth-order valence-corrected chi connectivity index (χ4v) is 4.93. The van der Waals surface area contributed by atoms with Crippen LogP contribution in [0.1, 0.15) is 54.9 Å². The van der Waals surface area contributed by atoms with Crippen LogP contribution in [0.5, 0.6) is 0 Å². The fraction of sp³-hybridized carbons (Fsp3) is 0.944. The molecule has 0 saturated carbocycles. The third kappa shape index (κ3) is 7.03. The van der Waals surface area contributed by atoms with Crippen molar-refractivity contribution in [2.24, 2.45) is 0 Å². The SMILES string of the molecule is C[C@H](OS(C)(=O)=O)C1C(O[Si](C)(C)C(C)(C)C)CCN1C(=O)OC(C)(C)C. The molecule has 0 radical (unpaired) electrons. The van der Waals surface area contributed by atoms with E-state index in [9.17, 15) is 13.2 Å². The average Bonchev–Trinajstić information content (AvgIpc) is 2.76. The maximum Gasteiger partial charge on any atom is 0.410 e. The first kappa shape index (κ1) is 24.4. The molecule has 9 heteroatoms. The number of likely N-dealkylation sites (tertiary alicyclic amines) is 1. The van der Waals surface area contributed by atoms with Gasteiger partial charge in [-0.25, -0.2) is 4.79 Å². The van der Waals surface area contributed by atoms with Gasteiger partial charge in [0.05, 0.1) is 24.5 Å². The summed E-state index contributed by atoms with van der Waals surface area (Å²) in [5.74, 6) is 0.